The van der Waals surface area contributed by atoms with Crippen LogP contribution in [0.15, 0.2) is 18.2 Å². The Morgan fingerprint density at radius 3 is 2.81 bits per heavy atom. The molecule has 0 bridgehead atoms. The lowest BCUT2D eigenvalue weighted by atomic mass is 9.99. The number of hydrogen-bond acceptors (Lipinski definition) is 5. The molecule has 1 aromatic heterocycles. The molecule has 114 valence electrons. The van der Waals surface area contributed by atoms with Crippen molar-refractivity contribution in [3.05, 3.63) is 23.9 Å². The van der Waals surface area contributed by atoms with Crippen LogP contribution in [0.1, 0.15) is 30.8 Å². The van der Waals surface area contributed by atoms with Gasteiger partial charge in [-0.25, -0.2) is 9.78 Å². The normalized spacial score (nSPS) is 21.3. The van der Waals surface area contributed by atoms with E-state index in [0.717, 1.165) is 0 Å². The highest BCUT2D eigenvalue weighted by Gasteiger charge is 2.44. The van der Waals surface area contributed by atoms with Gasteiger partial charge in [0.1, 0.15) is 5.69 Å². The van der Waals surface area contributed by atoms with Crippen molar-refractivity contribution in [2.45, 2.75) is 31.9 Å². The molecule has 0 saturated carbocycles. The third-order valence-corrected chi connectivity index (χ3v) is 3.10. The average molecular weight is 294 g/mol. The van der Waals surface area contributed by atoms with Crippen LogP contribution in [0.4, 0.5) is 0 Å². The lowest BCUT2D eigenvalue weighted by molar-refractivity contribution is -0.144. The monoisotopic (exact) mass is 294 g/mol. The first-order valence-corrected chi connectivity index (χ1v) is 6.70. The van der Waals surface area contributed by atoms with Gasteiger partial charge in [-0.2, -0.15) is 0 Å². The molecule has 0 aromatic carbocycles. The van der Waals surface area contributed by atoms with Crippen LogP contribution in [0.5, 0.6) is 5.88 Å². The van der Waals surface area contributed by atoms with Crippen molar-refractivity contribution >= 4 is 11.9 Å². The number of nitrogens with zero attached hydrogens (tertiary/aromatic N) is 1. The van der Waals surface area contributed by atoms with E-state index in [9.17, 15) is 14.7 Å². The summed E-state index contributed by atoms with van der Waals surface area (Å²) >= 11 is 0. The predicted octanol–water partition coefficient (Wildman–Crippen LogP) is 0.842. The van der Waals surface area contributed by atoms with Crippen LogP contribution >= 0.6 is 0 Å². The fraction of sp³-hybridized carbons (Fsp3) is 0.500. The van der Waals surface area contributed by atoms with Gasteiger partial charge in [-0.1, -0.05) is 6.07 Å². The molecule has 2 N–H and O–H groups in total. The first-order valence-electron chi connectivity index (χ1n) is 6.70. The van der Waals surface area contributed by atoms with E-state index in [0.29, 0.717) is 12.5 Å². The second-order valence-corrected chi connectivity index (χ2v) is 5.17. The topological polar surface area (TPSA) is 97.8 Å². The number of aliphatic carboxylic acids is 1. The molecule has 0 radical (unpaired) electrons. The summed E-state index contributed by atoms with van der Waals surface area (Å²) < 4.78 is 10.5. The highest BCUT2D eigenvalue weighted by molar-refractivity contribution is 5.96. The largest absolute Gasteiger partial charge is 0.479 e. The van der Waals surface area contributed by atoms with Crippen LogP contribution in [0.2, 0.25) is 0 Å². The number of carboxylic acids is 1. The molecular formula is C14H18N2O5. The number of aromatic nitrogens is 1. The Morgan fingerprint density at radius 1 is 1.48 bits per heavy atom. The number of ether oxygens (including phenoxy) is 2. The Morgan fingerprint density at radius 2 is 2.24 bits per heavy atom. The van der Waals surface area contributed by atoms with Gasteiger partial charge in [-0.15, -0.1) is 0 Å². The highest BCUT2D eigenvalue weighted by Crippen LogP contribution is 2.20. The van der Waals surface area contributed by atoms with E-state index < -0.39 is 17.4 Å². The van der Waals surface area contributed by atoms with Crippen LogP contribution in [0.3, 0.4) is 0 Å². The van der Waals surface area contributed by atoms with Gasteiger partial charge >= 0.3 is 5.97 Å². The van der Waals surface area contributed by atoms with Gasteiger partial charge < -0.3 is 19.9 Å². The summed E-state index contributed by atoms with van der Waals surface area (Å²) in [7, 11) is 0. The molecule has 0 spiro atoms. The number of carbonyl (C=O) groups excluding carboxylic acids is 1. The maximum atomic E-state index is 12.2. The summed E-state index contributed by atoms with van der Waals surface area (Å²) in [6.07, 6.45) is 0.167. The molecule has 1 amide bonds. The molecule has 1 unspecified atom stereocenters. The van der Waals surface area contributed by atoms with Crippen molar-refractivity contribution in [1.82, 2.24) is 10.3 Å². The first kappa shape index (κ1) is 15.2. The smallest absolute Gasteiger partial charge is 0.331 e. The Bertz CT molecular complexity index is 538. The molecule has 7 heteroatoms. The van der Waals surface area contributed by atoms with E-state index in [1.165, 1.54) is 6.07 Å². The predicted molar refractivity (Wildman–Crippen MR) is 73.3 cm³/mol. The molecule has 7 nitrogen and oxygen atoms in total. The van der Waals surface area contributed by atoms with E-state index in [4.69, 9.17) is 9.47 Å². The van der Waals surface area contributed by atoms with Crippen LogP contribution in [-0.2, 0) is 9.53 Å². The van der Waals surface area contributed by atoms with E-state index in [2.05, 4.69) is 10.3 Å². The van der Waals surface area contributed by atoms with Gasteiger partial charge in [0, 0.05) is 19.1 Å². The van der Waals surface area contributed by atoms with Crippen molar-refractivity contribution in [3.8, 4) is 5.88 Å². The number of carbonyl (C=O) groups is 2. The van der Waals surface area contributed by atoms with Crippen LogP contribution in [-0.4, -0.2) is 46.8 Å². The summed E-state index contributed by atoms with van der Waals surface area (Å²) in [4.78, 5) is 27.6. The van der Waals surface area contributed by atoms with Crippen molar-refractivity contribution in [2.75, 3.05) is 13.2 Å². The SMILES string of the molecule is CC(C)Oc1cccc(C(=O)NC2(C(=O)O)CCOC2)n1. The Kier molecular flexibility index (Phi) is 4.42. The average Bonchev–Trinajstić information content (AvgIpc) is 2.88. The Balaban J connectivity index is 2.14. The summed E-state index contributed by atoms with van der Waals surface area (Å²) in [5.74, 6) is -1.34. The maximum Gasteiger partial charge on any atom is 0.331 e. The quantitative estimate of drug-likeness (QED) is 0.835. The number of hydrogen-bond donors (Lipinski definition) is 2. The zero-order chi connectivity index (χ0) is 15.5. The lowest BCUT2D eigenvalue weighted by Crippen LogP contribution is -2.55. The first-order chi connectivity index (χ1) is 9.93. The number of carboxylic acid groups (broad SMARTS) is 1. The third kappa shape index (κ3) is 3.49. The van der Waals surface area contributed by atoms with Crippen molar-refractivity contribution in [2.24, 2.45) is 0 Å². The number of rotatable bonds is 5. The molecule has 1 fully saturated rings. The molecule has 1 aliphatic heterocycles. The molecule has 2 rings (SSSR count). The fourth-order valence-corrected chi connectivity index (χ4v) is 2.02. The van der Waals surface area contributed by atoms with Gasteiger partial charge in [0.25, 0.3) is 5.91 Å². The molecule has 1 aromatic rings. The minimum Gasteiger partial charge on any atom is -0.479 e. The van der Waals surface area contributed by atoms with Crippen LogP contribution < -0.4 is 10.1 Å². The number of amides is 1. The van der Waals surface area contributed by atoms with Crippen molar-refractivity contribution in [1.29, 1.82) is 0 Å². The van der Waals surface area contributed by atoms with Crippen LogP contribution in [0.25, 0.3) is 0 Å². The lowest BCUT2D eigenvalue weighted by Gasteiger charge is -2.23. The van der Waals surface area contributed by atoms with Gasteiger partial charge in [-0.3, -0.25) is 4.79 Å². The van der Waals surface area contributed by atoms with Gasteiger partial charge in [0.2, 0.25) is 5.88 Å². The van der Waals surface area contributed by atoms with Gasteiger partial charge in [-0.05, 0) is 19.9 Å². The molecule has 0 aliphatic carbocycles. The summed E-state index contributed by atoms with van der Waals surface area (Å²) in [6.45, 7) is 3.96. The van der Waals surface area contributed by atoms with Crippen LogP contribution in [0, 0.1) is 0 Å². The third-order valence-electron chi connectivity index (χ3n) is 3.10. The maximum absolute atomic E-state index is 12.2. The Labute approximate surface area is 122 Å². The zero-order valence-electron chi connectivity index (χ0n) is 12.0. The minimum atomic E-state index is -1.38. The molecular weight excluding hydrogens is 276 g/mol. The molecule has 1 aliphatic rings. The Hall–Kier alpha value is -2.15. The second-order valence-electron chi connectivity index (χ2n) is 5.17. The number of pyridine rings is 1. The van der Waals surface area contributed by atoms with Gasteiger partial charge in [0.05, 0.1) is 12.7 Å². The highest BCUT2D eigenvalue weighted by atomic mass is 16.5. The van der Waals surface area contributed by atoms with E-state index in [1.807, 2.05) is 13.8 Å². The summed E-state index contributed by atoms with van der Waals surface area (Å²) in [6, 6.07) is 4.79. The van der Waals surface area contributed by atoms with E-state index >= 15 is 0 Å². The zero-order valence-corrected chi connectivity index (χ0v) is 12.0. The molecule has 1 saturated heterocycles. The second kappa shape index (κ2) is 6.09. The fourth-order valence-electron chi connectivity index (χ4n) is 2.02. The van der Waals surface area contributed by atoms with Gasteiger partial charge in [0.15, 0.2) is 5.54 Å². The van der Waals surface area contributed by atoms with E-state index in [-0.39, 0.29) is 24.8 Å². The summed E-state index contributed by atoms with van der Waals surface area (Å²) in [5, 5.41) is 11.8. The number of nitrogens with one attached hydrogen (secondary N) is 1. The molecule has 1 atom stereocenters. The minimum absolute atomic E-state index is 0.0454. The summed E-state index contributed by atoms with van der Waals surface area (Å²) in [5.41, 5.74) is -1.27. The standard InChI is InChI=1S/C14H18N2O5/c1-9(2)21-11-5-3-4-10(15-11)12(17)16-14(13(18)19)6-7-20-8-14/h3-5,9H,6-8H2,1-2H3,(H,16,17)(H,18,19). The molecule has 21 heavy (non-hydrogen) atoms. The molecule has 2 heterocycles. The van der Waals surface area contributed by atoms with Crippen molar-refractivity contribution in [3.63, 3.8) is 0 Å². The van der Waals surface area contributed by atoms with Crippen molar-refractivity contribution < 1.29 is 24.2 Å². The van der Waals surface area contributed by atoms with E-state index in [1.54, 1.807) is 12.1 Å².